The maximum absolute atomic E-state index is 4.23. The molecule has 0 bridgehead atoms. The number of H-pyrrole nitrogens is 1. The van der Waals surface area contributed by atoms with Gasteiger partial charge < -0.3 is 0 Å². The van der Waals surface area contributed by atoms with Crippen LogP contribution in [0.4, 0.5) is 0 Å². The molecule has 21 heavy (non-hydrogen) atoms. The average Bonchev–Trinajstić information content (AvgIpc) is 2.97. The molecule has 2 unspecified atom stereocenters. The number of aromatic nitrogens is 4. The highest BCUT2D eigenvalue weighted by Crippen LogP contribution is 2.36. The normalized spacial score (nSPS) is 14.6. The zero-order valence-electron chi connectivity index (χ0n) is 13.5. The summed E-state index contributed by atoms with van der Waals surface area (Å²) in [5.74, 6) is 2.95. The number of aromatic amines is 1. The molecule has 114 valence electrons. The molecule has 4 heteroatoms. The van der Waals surface area contributed by atoms with Crippen molar-refractivity contribution in [3.05, 3.63) is 41.7 Å². The van der Waals surface area contributed by atoms with Crippen molar-refractivity contribution in [3.8, 4) is 0 Å². The van der Waals surface area contributed by atoms with Gasteiger partial charge in [0.25, 0.3) is 0 Å². The molecule has 2 atom stereocenters. The van der Waals surface area contributed by atoms with Gasteiger partial charge in [0, 0.05) is 5.92 Å². The molecule has 4 nitrogen and oxygen atoms in total. The van der Waals surface area contributed by atoms with E-state index in [2.05, 4.69) is 78.7 Å². The van der Waals surface area contributed by atoms with Crippen molar-refractivity contribution < 1.29 is 0 Å². The molecule has 0 spiro atoms. The molecule has 0 amide bonds. The highest BCUT2D eigenvalue weighted by Gasteiger charge is 2.25. The summed E-state index contributed by atoms with van der Waals surface area (Å²) in [6.45, 7) is 9.08. The van der Waals surface area contributed by atoms with Gasteiger partial charge in [-0.25, -0.2) is 0 Å². The van der Waals surface area contributed by atoms with E-state index in [0.717, 1.165) is 18.7 Å². The summed E-state index contributed by atoms with van der Waals surface area (Å²) >= 11 is 0. The Labute approximate surface area is 127 Å². The Morgan fingerprint density at radius 1 is 1.00 bits per heavy atom. The number of tetrazole rings is 1. The van der Waals surface area contributed by atoms with Crippen LogP contribution in [0.2, 0.25) is 0 Å². The summed E-state index contributed by atoms with van der Waals surface area (Å²) in [5, 5.41) is 14.8. The van der Waals surface area contributed by atoms with Gasteiger partial charge in [0.05, 0.1) is 0 Å². The maximum Gasteiger partial charge on any atom is 0.177 e. The first kappa shape index (κ1) is 15.7. The smallest absolute Gasteiger partial charge is 0.177 e. The third-order valence-corrected chi connectivity index (χ3v) is 4.05. The largest absolute Gasteiger partial charge is 0.177 e. The van der Waals surface area contributed by atoms with Crippen LogP contribution in [-0.2, 0) is 0 Å². The van der Waals surface area contributed by atoms with Crippen LogP contribution in [0.3, 0.4) is 0 Å². The summed E-state index contributed by atoms with van der Waals surface area (Å²) in [5.41, 5.74) is 1.41. The molecule has 2 aromatic rings. The summed E-state index contributed by atoms with van der Waals surface area (Å²) in [7, 11) is 0. The lowest BCUT2D eigenvalue weighted by Crippen LogP contribution is -2.14. The molecule has 1 heterocycles. The molecule has 1 N–H and O–H groups in total. The van der Waals surface area contributed by atoms with E-state index in [0.29, 0.717) is 23.7 Å². The number of nitrogens with zero attached hydrogens (tertiary/aromatic N) is 3. The van der Waals surface area contributed by atoms with E-state index >= 15 is 0 Å². The second kappa shape index (κ2) is 7.34. The topological polar surface area (TPSA) is 54.5 Å². The number of benzene rings is 1. The number of hydrogen-bond acceptors (Lipinski definition) is 3. The van der Waals surface area contributed by atoms with Crippen molar-refractivity contribution in [2.45, 2.75) is 52.4 Å². The van der Waals surface area contributed by atoms with Crippen molar-refractivity contribution in [3.63, 3.8) is 0 Å². The van der Waals surface area contributed by atoms with Gasteiger partial charge in [-0.15, -0.1) is 10.2 Å². The van der Waals surface area contributed by atoms with Crippen LogP contribution in [-0.4, -0.2) is 20.6 Å². The van der Waals surface area contributed by atoms with Gasteiger partial charge in [-0.3, -0.25) is 0 Å². The van der Waals surface area contributed by atoms with Gasteiger partial charge in [0.2, 0.25) is 0 Å². The molecule has 0 aliphatic heterocycles. The Morgan fingerprint density at radius 3 is 2.24 bits per heavy atom. The van der Waals surface area contributed by atoms with Gasteiger partial charge in [0.15, 0.2) is 5.82 Å². The minimum absolute atomic E-state index is 0.358. The van der Waals surface area contributed by atoms with Crippen LogP contribution in [0.5, 0.6) is 0 Å². The molecule has 0 fully saturated rings. The lowest BCUT2D eigenvalue weighted by molar-refractivity contribution is 0.378. The van der Waals surface area contributed by atoms with Gasteiger partial charge in [-0.1, -0.05) is 63.2 Å². The first-order valence-corrected chi connectivity index (χ1v) is 7.86. The highest BCUT2D eigenvalue weighted by atomic mass is 15.5. The first-order chi connectivity index (χ1) is 10.1. The number of hydrogen-bond donors (Lipinski definition) is 1. The Hall–Kier alpha value is -1.71. The SMILES string of the molecule is CC(C)CC(CC(c1ccccc1)C(C)C)c1nn[nH]n1. The quantitative estimate of drug-likeness (QED) is 0.831. The molecule has 0 saturated carbocycles. The van der Waals surface area contributed by atoms with E-state index in [-0.39, 0.29) is 0 Å². The van der Waals surface area contributed by atoms with Crippen molar-refractivity contribution >= 4 is 0 Å². The Balaban J connectivity index is 2.20. The predicted octanol–water partition coefficient (Wildman–Crippen LogP) is 4.16. The van der Waals surface area contributed by atoms with Crippen molar-refractivity contribution in [2.75, 3.05) is 0 Å². The van der Waals surface area contributed by atoms with Gasteiger partial charge in [-0.05, 0) is 36.2 Å². The maximum atomic E-state index is 4.23. The molecular formula is C17H26N4. The molecule has 0 radical (unpaired) electrons. The minimum atomic E-state index is 0.358. The first-order valence-electron chi connectivity index (χ1n) is 7.86. The van der Waals surface area contributed by atoms with Crippen LogP contribution < -0.4 is 0 Å². The Morgan fingerprint density at radius 2 is 1.71 bits per heavy atom. The molecule has 0 saturated heterocycles. The van der Waals surface area contributed by atoms with Gasteiger partial charge in [0.1, 0.15) is 0 Å². The third-order valence-electron chi connectivity index (χ3n) is 4.05. The molecule has 0 aliphatic carbocycles. The van der Waals surface area contributed by atoms with Crippen LogP contribution >= 0.6 is 0 Å². The fourth-order valence-corrected chi connectivity index (χ4v) is 3.02. The van der Waals surface area contributed by atoms with Crippen molar-refractivity contribution in [2.24, 2.45) is 11.8 Å². The van der Waals surface area contributed by atoms with E-state index in [9.17, 15) is 0 Å². The molecule has 1 aromatic carbocycles. The van der Waals surface area contributed by atoms with Crippen LogP contribution in [0.25, 0.3) is 0 Å². The van der Waals surface area contributed by atoms with Crippen LogP contribution in [0, 0.1) is 11.8 Å². The lowest BCUT2D eigenvalue weighted by Gasteiger charge is -2.26. The standard InChI is InChI=1S/C17H26N4/c1-12(2)10-15(17-18-20-21-19-17)11-16(13(3)4)14-8-6-5-7-9-14/h5-9,12-13,15-16H,10-11H2,1-4H3,(H,18,19,20,21). The van der Waals surface area contributed by atoms with E-state index in [4.69, 9.17) is 0 Å². The van der Waals surface area contributed by atoms with Crippen molar-refractivity contribution in [1.29, 1.82) is 0 Å². The van der Waals surface area contributed by atoms with Gasteiger partial charge in [-0.2, -0.15) is 5.21 Å². The summed E-state index contributed by atoms with van der Waals surface area (Å²) in [4.78, 5) is 0. The van der Waals surface area contributed by atoms with Gasteiger partial charge >= 0.3 is 0 Å². The zero-order valence-corrected chi connectivity index (χ0v) is 13.5. The average molecular weight is 286 g/mol. The van der Waals surface area contributed by atoms with E-state index < -0.39 is 0 Å². The monoisotopic (exact) mass is 286 g/mol. The highest BCUT2D eigenvalue weighted by molar-refractivity contribution is 5.20. The fraction of sp³-hybridized carbons (Fsp3) is 0.588. The number of nitrogens with one attached hydrogen (secondary N) is 1. The number of rotatable bonds is 7. The molecule has 1 aromatic heterocycles. The Bertz CT molecular complexity index is 505. The van der Waals surface area contributed by atoms with Crippen LogP contribution in [0.1, 0.15) is 63.8 Å². The molecule has 2 rings (SSSR count). The van der Waals surface area contributed by atoms with E-state index in [1.165, 1.54) is 5.56 Å². The molecule has 0 aliphatic rings. The zero-order chi connectivity index (χ0) is 15.2. The van der Waals surface area contributed by atoms with E-state index in [1.54, 1.807) is 0 Å². The lowest BCUT2D eigenvalue weighted by atomic mass is 9.79. The third kappa shape index (κ3) is 4.38. The predicted molar refractivity (Wildman–Crippen MR) is 85.0 cm³/mol. The van der Waals surface area contributed by atoms with Crippen LogP contribution in [0.15, 0.2) is 30.3 Å². The second-order valence-corrected chi connectivity index (χ2v) is 6.59. The summed E-state index contributed by atoms with van der Waals surface area (Å²) in [6, 6.07) is 10.8. The summed E-state index contributed by atoms with van der Waals surface area (Å²) in [6.07, 6.45) is 2.16. The molecular weight excluding hydrogens is 260 g/mol. The minimum Gasteiger partial charge on any atom is -0.177 e. The Kier molecular flexibility index (Phi) is 5.48. The van der Waals surface area contributed by atoms with Crippen molar-refractivity contribution in [1.82, 2.24) is 20.6 Å². The van der Waals surface area contributed by atoms with E-state index in [1.807, 2.05) is 0 Å². The fourth-order valence-electron chi connectivity index (χ4n) is 3.02. The summed E-state index contributed by atoms with van der Waals surface area (Å²) < 4.78 is 0. The second-order valence-electron chi connectivity index (χ2n) is 6.59.